The third kappa shape index (κ3) is 0.924. The lowest BCUT2D eigenvalue weighted by Gasteiger charge is -1.86. The van der Waals surface area contributed by atoms with Crippen LogP contribution in [0.3, 0.4) is 0 Å². The van der Waals surface area contributed by atoms with E-state index in [0.717, 1.165) is 0 Å². The SMILES string of the molecule is [2H]C1=NN=CCC1=O. The van der Waals surface area contributed by atoms with Crippen molar-refractivity contribution in [2.75, 3.05) is 0 Å². The normalized spacial score (nSPS) is 21.4. The number of rotatable bonds is 0. The average Bonchev–Trinajstić information content (AvgIpc) is 1.77. The predicted molar refractivity (Wildman–Crippen MR) is 26.6 cm³/mol. The quantitative estimate of drug-likeness (QED) is 0.420. The highest BCUT2D eigenvalue weighted by Crippen LogP contribution is 1.83. The summed E-state index contributed by atoms with van der Waals surface area (Å²) in [5, 5.41) is 6.58. The van der Waals surface area contributed by atoms with Gasteiger partial charge in [0.25, 0.3) is 0 Å². The minimum atomic E-state index is -0.264. The maximum absolute atomic E-state index is 10.4. The second-order valence-electron chi connectivity index (χ2n) is 1.14. The highest BCUT2D eigenvalue weighted by Gasteiger charge is 1.95. The summed E-state index contributed by atoms with van der Waals surface area (Å²) in [6.07, 6.45) is 1.37. The van der Waals surface area contributed by atoms with E-state index in [-0.39, 0.29) is 18.4 Å². The molecule has 0 radical (unpaired) electrons. The van der Waals surface area contributed by atoms with Crippen LogP contribution in [0.15, 0.2) is 10.2 Å². The third-order valence-electron chi connectivity index (χ3n) is 0.591. The molecule has 0 saturated carbocycles. The van der Waals surface area contributed by atoms with Crippen LogP contribution in [0.25, 0.3) is 0 Å². The van der Waals surface area contributed by atoms with E-state index in [0.29, 0.717) is 0 Å². The summed E-state index contributed by atoms with van der Waals surface area (Å²) in [5.74, 6) is -0.264. The van der Waals surface area contributed by atoms with Crippen LogP contribution in [-0.2, 0) is 4.79 Å². The van der Waals surface area contributed by atoms with Gasteiger partial charge in [0.15, 0.2) is 5.78 Å². The first kappa shape index (κ1) is 3.07. The Morgan fingerprint density at radius 1 is 1.86 bits per heavy atom. The van der Waals surface area contributed by atoms with E-state index in [9.17, 15) is 4.79 Å². The molecule has 0 spiro atoms. The lowest BCUT2D eigenvalue weighted by molar-refractivity contribution is -0.111. The summed E-state index contributed by atoms with van der Waals surface area (Å²) < 4.78 is 6.76. The van der Waals surface area contributed by atoms with Crippen molar-refractivity contribution < 1.29 is 6.17 Å². The number of Topliss-reactive ketones (excluding diaryl/α,β-unsaturated/α-hetero) is 1. The summed E-state index contributed by atoms with van der Waals surface area (Å²) in [4.78, 5) is 10.4. The lowest BCUT2D eigenvalue weighted by Crippen LogP contribution is -2.01. The van der Waals surface area contributed by atoms with Gasteiger partial charge in [-0.3, -0.25) is 4.79 Å². The van der Waals surface area contributed by atoms with Crippen LogP contribution in [0.4, 0.5) is 0 Å². The molecular weight excluding hydrogens is 92.1 g/mol. The number of hydrogen-bond acceptors (Lipinski definition) is 3. The molecule has 3 heteroatoms. The van der Waals surface area contributed by atoms with Crippen LogP contribution in [0.2, 0.25) is 0 Å². The molecule has 0 aromatic heterocycles. The molecule has 0 aromatic rings. The van der Waals surface area contributed by atoms with Gasteiger partial charge in [0.05, 0.1) is 7.56 Å². The number of carbonyl (C=O) groups is 1. The first-order valence-electron chi connectivity index (χ1n) is 2.40. The lowest BCUT2D eigenvalue weighted by atomic mass is 10.3. The average molecular weight is 97.1 g/mol. The fourth-order valence-corrected chi connectivity index (χ4v) is 0.295. The van der Waals surface area contributed by atoms with Crippen molar-refractivity contribution in [2.24, 2.45) is 10.2 Å². The van der Waals surface area contributed by atoms with E-state index in [1.165, 1.54) is 6.21 Å². The number of nitrogens with zero attached hydrogens (tertiary/aromatic N) is 2. The fourth-order valence-electron chi connectivity index (χ4n) is 0.295. The van der Waals surface area contributed by atoms with Gasteiger partial charge in [-0.25, -0.2) is 0 Å². The van der Waals surface area contributed by atoms with Crippen molar-refractivity contribution in [1.29, 1.82) is 0 Å². The van der Waals surface area contributed by atoms with E-state index in [4.69, 9.17) is 1.37 Å². The van der Waals surface area contributed by atoms with Crippen LogP contribution in [0.5, 0.6) is 0 Å². The molecule has 0 bridgehead atoms. The zero-order valence-corrected chi connectivity index (χ0v) is 3.59. The van der Waals surface area contributed by atoms with Crippen molar-refractivity contribution in [1.82, 2.24) is 0 Å². The maximum atomic E-state index is 10.4. The van der Waals surface area contributed by atoms with Gasteiger partial charge < -0.3 is 0 Å². The molecule has 3 nitrogen and oxygen atoms in total. The van der Waals surface area contributed by atoms with Gasteiger partial charge in [0.2, 0.25) is 0 Å². The summed E-state index contributed by atoms with van der Waals surface area (Å²) in [7, 11) is 0. The Labute approximate surface area is 42.2 Å². The van der Waals surface area contributed by atoms with Crippen LogP contribution in [-0.4, -0.2) is 18.2 Å². The van der Waals surface area contributed by atoms with Crippen molar-refractivity contribution in [3.63, 3.8) is 0 Å². The van der Waals surface area contributed by atoms with Crippen molar-refractivity contribution >= 4 is 18.2 Å². The van der Waals surface area contributed by atoms with E-state index in [1.54, 1.807) is 0 Å². The van der Waals surface area contributed by atoms with E-state index >= 15 is 0 Å². The number of carbonyl (C=O) groups excluding carboxylic acids is 1. The molecule has 0 fully saturated rings. The zero-order valence-electron chi connectivity index (χ0n) is 4.59. The first-order chi connectivity index (χ1) is 3.80. The van der Waals surface area contributed by atoms with Crippen molar-refractivity contribution in [2.45, 2.75) is 6.42 Å². The molecule has 0 amide bonds. The summed E-state index contributed by atoms with van der Waals surface area (Å²) in [6, 6.07) is 0. The molecule has 7 heavy (non-hydrogen) atoms. The zero-order chi connectivity index (χ0) is 5.98. The standard InChI is InChI=1S/C4H4N2O/c7-4-1-2-5-6-3-4/h2-3H,1H2/i3D. The Morgan fingerprint density at radius 3 is 3.14 bits per heavy atom. The van der Waals surface area contributed by atoms with Crippen LogP contribution >= 0.6 is 0 Å². The molecule has 1 rings (SSSR count). The molecule has 0 unspecified atom stereocenters. The second-order valence-corrected chi connectivity index (χ2v) is 1.14. The van der Waals surface area contributed by atoms with Crippen LogP contribution in [0.1, 0.15) is 7.79 Å². The Morgan fingerprint density at radius 2 is 2.71 bits per heavy atom. The van der Waals surface area contributed by atoms with E-state index < -0.39 is 0 Å². The minimum absolute atomic E-state index is 0.225. The molecule has 1 aliphatic rings. The van der Waals surface area contributed by atoms with Gasteiger partial charge in [-0.1, -0.05) is 0 Å². The molecule has 0 N–H and O–H groups in total. The van der Waals surface area contributed by atoms with Crippen LogP contribution < -0.4 is 0 Å². The van der Waals surface area contributed by atoms with Crippen molar-refractivity contribution in [3.05, 3.63) is 0 Å². The number of hydrogen-bond donors (Lipinski definition) is 0. The molecule has 0 aliphatic carbocycles. The second kappa shape index (κ2) is 1.64. The summed E-state index contributed by atoms with van der Waals surface area (Å²) in [5.41, 5.74) is 0. The summed E-state index contributed by atoms with van der Waals surface area (Å²) in [6.45, 7) is 0. The van der Waals surface area contributed by atoms with E-state index in [2.05, 4.69) is 10.2 Å². The first-order valence-corrected chi connectivity index (χ1v) is 1.90. The van der Waals surface area contributed by atoms with Gasteiger partial charge in [-0.2, -0.15) is 10.2 Å². The molecule has 0 atom stereocenters. The van der Waals surface area contributed by atoms with Gasteiger partial charge in [-0.15, -0.1) is 0 Å². The molecule has 1 aliphatic heterocycles. The highest BCUT2D eigenvalue weighted by atomic mass is 16.1. The monoisotopic (exact) mass is 97.0 g/mol. The van der Waals surface area contributed by atoms with Crippen LogP contribution in [0, 0.1) is 0 Å². The molecule has 36 valence electrons. The van der Waals surface area contributed by atoms with Gasteiger partial charge in [-0.05, 0) is 0 Å². The smallest absolute Gasteiger partial charge is 0.181 e. The Kier molecular flexibility index (Phi) is 0.719. The van der Waals surface area contributed by atoms with Gasteiger partial charge in [0.1, 0.15) is 0 Å². The maximum Gasteiger partial charge on any atom is 0.181 e. The predicted octanol–water partition coefficient (Wildman–Crippen LogP) is 0.0158. The van der Waals surface area contributed by atoms with Gasteiger partial charge in [0, 0.05) is 12.6 Å². The molecule has 0 aromatic carbocycles. The largest absolute Gasteiger partial charge is 0.293 e. The Bertz CT molecular complexity index is 173. The Hall–Kier alpha value is -0.990. The van der Waals surface area contributed by atoms with E-state index in [1.807, 2.05) is 0 Å². The van der Waals surface area contributed by atoms with Crippen molar-refractivity contribution in [3.8, 4) is 0 Å². The summed E-state index contributed by atoms with van der Waals surface area (Å²) >= 11 is 0. The topological polar surface area (TPSA) is 41.8 Å². The molecule has 1 heterocycles. The minimum Gasteiger partial charge on any atom is -0.293 e. The number of ketones is 1. The molecule has 0 saturated heterocycles. The Balaban J connectivity index is 2.80. The van der Waals surface area contributed by atoms with Gasteiger partial charge >= 0.3 is 0 Å². The fraction of sp³-hybridized carbons (Fsp3) is 0.250. The molecular formula is C4H4N2O. The highest BCUT2D eigenvalue weighted by molar-refractivity contribution is 6.31. The third-order valence-corrected chi connectivity index (χ3v) is 0.591.